The molecule has 0 spiro atoms. The van der Waals surface area contributed by atoms with Gasteiger partial charge in [0.25, 0.3) is 0 Å². The second kappa shape index (κ2) is 4.06. The molecule has 3 nitrogen and oxygen atoms in total. The van der Waals surface area contributed by atoms with E-state index in [1.54, 1.807) is 12.4 Å². The van der Waals surface area contributed by atoms with Crippen molar-refractivity contribution >= 4 is 11.6 Å². The Morgan fingerprint density at radius 3 is 2.73 bits per heavy atom. The van der Waals surface area contributed by atoms with E-state index in [2.05, 4.69) is 28.7 Å². The van der Waals surface area contributed by atoms with Crippen molar-refractivity contribution in [3.8, 4) is 0 Å². The Bertz CT molecular complexity index is 334. The monoisotopic (exact) mass is 225 g/mol. The quantitative estimate of drug-likeness (QED) is 0.775. The standard InChI is InChI=1S/C11H16ClN3/c1-11(2)4-3-5-15(11)8-9-6-14-10(12)7-13-9/h6-7H,3-5,8H2,1-2H3. The number of nitrogens with zero attached hydrogens (tertiary/aromatic N) is 3. The van der Waals surface area contributed by atoms with Crippen LogP contribution in [0, 0.1) is 0 Å². The van der Waals surface area contributed by atoms with Crippen LogP contribution >= 0.6 is 11.6 Å². The molecule has 0 saturated carbocycles. The summed E-state index contributed by atoms with van der Waals surface area (Å²) >= 11 is 5.70. The summed E-state index contributed by atoms with van der Waals surface area (Å²) in [6.07, 6.45) is 5.90. The van der Waals surface area contributed by atoms with Crippen LogP contribution in [0.1, 0.15) is 32.4 Å². The van der Waals surface area contributed by atoms with Gasteiger partial charge in [-0.2, -0.15) is 0 Å². The number of aromatic nitrogens is 2. The fourth-order valence-electron chi connectivity index (χ4n) is 2.07. The number of hydrogen-bond donors (Lipinski definition) is 0. The third-order valence-electron chi connectivity index (χ3n) is 3.10. The van der Waals surface area contributed by atoms with E-state index in [0.717, 1.165) is 18.8 Å². The minimum absolute atomic E-state index is 0.293. The average Bonchev–Trinajstić information content (AvgIpc) is 2.50. The molecule has 82 valence electrons. The molecule has 1 aromatic heterocycles. The lowest BCUT2D eigenvalue weighted by Crippen LogP contribution is -2.37. The highest BCUT2D eigenvalue weighted by molar-refractivity contribution is 6.29. The van der Waals surface area contributed by atoms with Gasteiger partial charge in [-0.05, 0) is 33.2 Å². The second-order valence-corrected chi connectivity index (χ2v) is 5.06. The Balaban J connectivity index is 2.06. The highest BCUT2D eigenvalue weighted by Crippen LogP contribution is 2.29. The van der Waals surface area contributed by atoms with Crippen molar-refractivity contribution in [3.05, 3.63) is 23.2 Å². The fraction of sp³-hybridized carbons (Fsp3) is 0.636. The third-order valence-corrected chi connectivity index (χ3v) is 3.29. The highest BCUT2D eigenvalue weighted by Gasteiger charge is 2.31. The zero-order chi connectivity index (χ0) is 10.9. The van der Waals surface area contributed by atoms with Crippen molar-refractivity contribution in [2.75, 3.05) is 6.54 Å². The Morgan fingerprint density at radius 1 is 1.40 bits per heavy atom. The molecular weight excluding hydrogens is 210 g/mol. The summed E-state index contributed by atoms with van der Waals surface area (Å²) in [5.41, 5.74) is 1.29. The van der Waals surface area contributed by atoms with Gasteiger partial charge >= 0.3 is 0 Å². The first-order chi connectivity index (χ1) is 7.08. The zero-order valence-corrected chi connectivity index (χ0v) is 9.96. The molecule has 0 bridgehead atoms. The van der Waals surface area contributed by atoms with E-state index in [4.69, 9.17) is 11.6 Å². The molecule has 0 unspecified atom stereocenters. The molecular formula is C11H16ClN3. The van der Waals surface area contributed by atoms with Crippen molar-refractivity contribution in [1.82, 2.24) is 14.9 Å². The third kappa shape index (κ3) is 2.47. The summed E-state index contributed by atoms with van der Waals surface area (Å²) in [7, 11) is 0. The fourth-order valence-corrected chi connectivity index (χ4v) is 2.17. The predicted octanol–water partition coefficient (Wildman–Crippen LogP) is 2.50. The number of rotatable bonds is 2. The minimum Gasteiger partial charge on any atom is -0.292 e. The SMILES string of the molecule is CC1(C)CCCN1Cc1cnc(Cl)cn1. The van der Waals surface area contributed by atoms with E-state index in [1.807, 2.05) is 0 Å². The van der Waals surface area contributed by atoms with Crippen LogP contribution in [-0.2, 0) is 6.54 Å². The maximum atomic E-state index is 5.70. The lowest BCUT2D eigenvalue weighted by Gasteiger charge is -2.31. The number of hydrogen-bond acceptors (Lipinski definition) is 3. The maximum Gasteiger partial charge on any atom is 0.147 e. The van der Waals surface area contributed by atoms with Crippen molar-refractivity contribution in [3.63, 3.8) is 0 Å². The molecule has 0 N–H and O–H groups in total. The van der Waals surface area contributed by atoms with Crippen LogP contribution in [0.3, 0.4) is 0 Å². The average molecular weight is 226 g/mol. The Hall–Kier alpha value is -0.670. The Kier molecular flexibility index (Phi) is 2.94. The first-order valence-corrected chi connectivity index (χ1v) is 5.67. The molecule has 2 rings (SSSR count). The molecule has 1 aliphatic rings. The molecule has 0 aromatic carbocycles. The zero-order valence-electron chi connectivity index (χ0n) is 9.20. The lowest BCUT2D eigenvalue weighted by molar-refractivity contribution is 0.164. The van der Waals surface area contributed by atoms with Gasteiger partial charge in [0.2, 0.25) is 0 Å². The van der Waals surface area contributed by atoms with Gasteiger partial charge in [-0.3, -0.25) is 9.88 Å². The van der Waals surface area contributed by atoms with Gasteiger partial charge in [-0.1, -0.05) is 11.6 Å². The first kappa shape index (κ1) is 10.8. The molecule has 15 heavy (non-hydrogen) atoms. The van der Waals surface area contributed by atoms with Crippen LogP contribution in [-0.4, -0.2) is 27.0 Å². The molecule has 4 heteroatoms. The van der Waals surface area contributed by atoms with Crippen LogP contribution in [0.4, 0.5) is 0 Å². The first-order valence-electron chi connectivity index (χ1n) is 5.29. The molecule has 0 atom stereocenters. The Labute approximate surface area is 95.5 Å². The molecule has 2 heterocycles. The van der Waals surface area contributed by atoms with Gasteiger partial charge in [-0.15, -0.1) is 0 Å². The molecule has 1 aliphatic heterocycles. The smallest absolute Gasteiger partial charge is 0.147 e. The molecule has 0 aliphatic carbocycles. The Morgan fingerprint density at radius 2 is 2.20 bits per heavy atom. The maximum absolute atomic E-state index is 5.70. The summed E-state index contributed by atoms with van der Waals surface area (Å²) in [5, 5.41) is 0.458. The van der Waals surface area contributed by atoms with E-state index >= 15 is 0 Å². The predicted molar refractivity (Wildman–Crippen MR) is 60.8 cm³/mol. The lowest BCUT2D eigenvalue weighted by atomic mass is 10.0. The minimum atomic E-state index is 0.293. The van der Waals surface area contributed by atoms with Crippen molar-refractivity contribution in [2.45, 2.75) is 38.8 Å². The highest BCUT2D eigenvalue weighted by atomic mass is 35.5. The summed E-state index contributed by atoms with van der Waals surface area (Å²) < 4.78 is 0. The summed E-state index contributed by atoms with van der Waals surface area (Å²) in [6.45, 7) is 6.58. The van der Waals surface area contributed by atoms with Crippen molar-refractivity contribution in [2.24, 2.45) is 0 Å². The van der Waals surface area contributed by atoms with Crippen LogP contribution in [0.5, 0.6) is 0 Å². The molecule has 1 saturated heterocycles. The van der Waals surface area contributed by atoms with Gasteiger partial charge in [0.1, 0.15) is 5.15 Å². The molecule has 0 amide bonds. The van der Waals surface area contributed by atoms with Gasteiger partial charge in [0, 0.05) is 12.1 Å². The van der Waals surface area contributed by atoms with Gasteiger partial charge < -0.3 is 0 Å². The van der Waals surface area contributed by atoms with E-state index in [0.29, 0.717) is 10.7 Å². The largest absolute Gasteiger partial charge is 0.292 e. The van der Waals surface area contributed by atoms with E-state index < -0.39 is 0 Å². The molecule has 0 radical (unpaired) electrons. The van der Waals surface area contributed by atoms with E-state index in [9.17, 15) is 0 Å². The van der Waals surface area contributed by atoms with Crippen LogP contribution < -0.4 is 0 Å². The van der Waals surface area contributed by atoms with Gasteiger partial charge in [-0.25, -0.2) is 4.98 Å². The number of likely N-dealkylation sites (tertiary alicyclic amines) is 1. The summed E-state index contributed by atoms with van der Waals surface area (Å²) in [4.78, 5) is 10.8. The van der Waals surface area contributed by atoms with Crippen LogP contribution in [0.25, 0.3) is 0 Å². The van der Waals surface area contributed by atoms with Gasteiger partial charge in [0.05, 0.1) is 18.1 Å². The van der Waals surface area contributed by atoms with E-state index in [1.165, 1.54) is 12.8 Å². The number of halogens is 1. The summed E-state index contributed by atoms with van der Waals surface area (Å²) in [5.74, 6) is 0. The molecule has 1 aromatic rings. The molecule has 1 fully saturated rings. The normalized spacial score (nSPS) is 20.7. The van der Waals surface area contributed by atoms with E-state index in [-0.39, 0.29) is 0 Å². The van der Waals surface area contributed by atoms with Crippen LogP contribution in [0.2, 0.25) is 5.15 Å². The van der Waals surface area contributed by atoms with Crippen molar-refractivity contribution in [1.29, 1.82) is 0 Å². The topological polar surface area (TPSA) is 29.0 Å². The van der Waals surface area contributed by atoms with Gasteiger partial charge in [0.15, 0.2) is 0 Å². The second-order valence-electron chi connectivity index (χ2n) is 4.67. The summed E-state index contributed by atoms with van der Waals surface area (Å²) in [6, 6.07) is 0. The van der Waals surface area contributed by atoms with Crippen LogP contribution in [0.15, 0.2) is 12.4 Å². The van der Waals surface area contributed by atoms with Crippen molar-refractivity contribution < 1.29 is 0 Å².